The maximum atomic E-state index is 12.9. The standard InChI is InChI=1S/C33H34ClNO/c1-25(35(26(2)36)24-28-17-18-29-14-9-10-15-31(29)23-28)33(30-19-21-32(34)22-20-30)16-8-4-7-13-27-11-5-3-6-12-27/h3,5-7,9-15,17-23,25,33H,4,8,16,24H2,1-2H3. The monoisotopic (exact) mass is 495 g/mol. The lowest BCUT2D eigenvalue weighted by Gasteiger charge is -2.35. The number of benzene rings is 4. The molecule has 0 heterocycles. The van der Waals surface area contributed by atoms with Crippen molar-refractivity contribution < 1.29 is 4.79 Å². The van der Waals surface area contributed by atoms with Crippen LogP contribution in [0.25, 0.3) is 16.8 Å². The van der Waals surface area contributed by atoms with E-state index >= 15 is 0 Å². The first-order chi connectivity index (χ1) is 17.5. The molecule has 4 rings (SSSR count). The maximum Gasteiger partial charge on any atom is 0.220 e. The minimum absolute atomic E-state index is 0.0493. The number of allylic oxidation sites excluding steroid dienone is 1. The lowest BCUT2D eigenvalue weighted by Crippen LogP contribution is -2.40. The van der Waals surface area contributed by atoms with E-state index in [4.69, 9.17) is 11.6 Å². The van der Waals surface area contributed by atoms with Gasteiger partial charge in [-0.15, -0.1) is 0 Å². The van der Waals surface area contributed by atoms with E-state index < -0.39 is 0 Å². The summed E-state index contributed by atoms with van der Waals surface area (Å²) in [5.74, 6) is 0.315. The van der Waals surface area contributed by atoms with Gasteiger partial charge in [0.1, 0.15) is 0 Å². The SMILES string of the molecule is CC(=O)N(Cc1ccc2ccccc2c1)C(C)C(CCCC=Cc1ccccc1)c1ccc(Cl)cc1. The molecular formula is C33H34ClNO. The van der Waals surface area contributed by atoms with Crippen molar-refractivity contribution in [2.45, 2.75) is 51.6 Å². The zero-order valence-electron chi connectivity index (χ0n) is 21.1. The molecule has 0 radical (unpaired) electrons. The predicted molar refractivity (Wildman–Crippen MR) is 153 cm³/mol. The van der Waals surface area contributed by atoms with Crippen LogP contribution >= 0.6 is 11.6 Å². The van der Waals surface area contributed by atoms with Crippen LogP contribution in [0.3, 0.4) is 0 Å². The Bertz CT molecular complexity index is 1300. The van der Waals surface area contributed by atoms with Gasteiger partial charge in [-0.1, -0.05) is 103 Å². The van der Waals surface area contributed by atoms with Gasteiger partial charge in [-0.2, -0.15) is 0 Å². The molecule has 0 N–H and O–H groups in total. The van der Waals surface area contributed by atoms with Crippen LogP contribution in [0.2, 0.25) is 5.02 Å². The summed E-state index contributed by atoms with van der Waals surface area (Å²) in [5, 5.41) is 3.15. The Morgan fingerprint density at radius 3 is 2.31 bits per heavy atom. The van der Waals surface area contributed by atoms with Gasteiger partial charge in [0.25, 0.3) is 0 Å². The number of fused-ring (bicyclic) bond motifs is 1. The van der Waals surface area contributed by atoms with E-state index in [9.17, 15) is 4.79 Å². The average Bonchev–Trinajstić information content (AvgIpc) is 2.90. The van der Waals surface area contributed by atoms with Crippen molar-refractivity contribution in [3.8, 4) is 0 Å². The highest BCUT2D eigenvalue weighted by atomic mass is 35.5. The highest BCUT2D eigenvalue weighted by Crippen LogP contribution is 2.31. The number of carbonyl (C=O) groups excluding carboxylic acids is 1. The van der Waals surface area contributed by atoms with Crippen LogP contribution < -0.4 is 0 Å². The summed E-state index contributed by atoms with van der Waals surface area (Å²) in [5.41, 5.74) is 3.60. The molecule has 1 amide bonds. The normalized spacial score (nSPS) is 13.1. The molecule has 4 aromatic carbocycles. The van der Waals surface area contributed by atoms with Crippen LogP contribution in [-0.4, -0.2) is 16.8 Å². The van der Waals surface area contributed by atoms with Crippen molar-refractivity contribution in [3.63, 3.8) is 0 Å². The molecule has 0 spiro atoms. The lowest BCUT2D eigenvalue weighted by atomic mass is 9.86. The van der Waals surface area contributed by atoms with Crippen molar-refractivity contribution in [3.05, 3.63) is 125 Å². The second kappa shape index (κ2) is 12.6. The minimum atomic E-state index is 0.0493. The van der Waals surface area contributed by atoms with E-state index in [-0.39, 0.29) is 17.9 Å². The van der Waals surface area contributed by atoms with Crippen LogP contribution in [0.15, 0.2) is 103 Å². The molecule has 36 heavy (non-hydrogen) atoms. The van der Waals surface area contributed by atoms with Crippen LogP contribution in [-0.2, 0) is 11.3 Å². The Morgan fingerprint density at radius 1 is 0.889 bits per heavy atom. The summed E-state index contributed by atoms with van der Waals surface area (Å²) in [6, 6.07) is 33.4. The Labute approximate surface area is 220 Å². The van der Waals surface area contributed by atoms with Crippen LogP contribution in [0.1, 0.15) is 55.7 Å². The Kier molecular flexibility index (Phi) is 8.97. The highest BCUT2D eigenvalue weighted by molar-refractivity contribution is 6.30. The lowest BCUT2D eigenvalue weighted by molar-refractivity contribution is -0.132. The molecule has 0 aliphatic carbocycles. The first-order valence-electron chi connectivity index (χ1n) is 12.7. The Hall–Kier alpha value is -3.36. The number of halogens is 1. The third-order valence-electron chi connectivity index (χ3n) is 6.94. The number of amides is 1. The van der Waals surface area contributed by atoms with E-state index in [0.717, 1.165) is 29.8 Å². The van der Waals surface area contributed by atoms with E-state index in [1.54, 1.807) is 6.92 Å². The zero-order chi connectivity index (χ0) is 25.3. The molecule has 2 atom stereocenters. The first-order valence-corrected chi connectivity index (χ1v) is 13.1. The fourth-order valence-electron chi connectivity index (χ4n) is 4.93. The Balaban J connectivity index is 1.50. The summed E-state index contributed by atoms with van der Waals surface area (Å²) in [6.45, 7) is 4.46. The van der Waals surface area contributed by atoms with E-state index in [1.807, 2.05) is 23.1 Å². The molecule has 0 aliphatic rings. The van der Waals surface area contributed by atoms with E-state index in [2.05, 4.69) is 97.9 Å². The summed E-state index contributed by atoms with van der Waals surface area (Å²) >= 11 is 6.19. The van der Waals surface area contributed by atoms with Gasteiger partial charge in [-0.25, -0.2) is 0 Å². The molecule has 0 fully saturated rings. The fraction of sp³-hybridized carbons (Fsp3) is 0.242. The number of rotatable bonds is 10. The van der Waals surface area contributed by atoms with Gasteiger partial charge in [0, 0.05) is 30.5 Å². The minimum Gasteiger partial charge on any atom is -0.335 e. The summed E-state index contributed by atoms with van der Waals surface area (Å²) < 4.78 is 0. The van der Waals surface area contributed by atoms with Gasteiger partial charge in [0.05, 0.1) is 0 Å². The largest absolute Gasteiger partial charge is 0.335 e. The molecule has 2 unspecified atom stereocenters. The summed E-state index contributed by atoms with van der Waals surface area (Å²) in [4.78, 5) is 14.9. The average molecular weight is 496 g/mol. The van der Waals surface area contributed by atoms with E-state index in [1.165, 1.54) is 21.9 Å². The molecular weight excluding hydrogens is 462 g/mol. The number of hydrogen-bond donors (Lipinski definition) is 0. The van der Waals surface area contributed by atoms with Crippen molar-refractivity contribution in [1.29, 1.82) is 0 Å². The smallest absolute Gasteiger partial charge is 0.220 e. The molecule has 0 bridgehead atoms. The zero-order valence-corrected chi connectivity index (χ0v) is 21.9. The first kappa shape index (κ1) is 25.7. The van der Waals surface area contributed by atoms with Crippen LogP contribution in [0.4, 0.5) is 0 Å². The van der Waals surface area contributed by atoms with Gasteiger partial charge in [0.15, 0.2) is 0 Å². The second-order valence-corrected chi connectivity index (χ2v) is 9.91. The van der Waals surface area contributed by atoms with Crippen molar-refractivity contribution >= 4 is 34.4 Å². The number of hydrogen-bond acceptors (Lipinski definition) is 1. The van der Waals surface area contributed by atoms with Crippen LogP contribution in [0, 0.1) is 0 Å². The van der Waals surface area contributed by atoms with Crippen molar-refractivity contribution in [2.75, 3.05) is 0 Å². The van der Waals surface area contributed by atoms with Gasteiger partial charge < -0.3 is 4.90 Å². The van der Waals surface area contributed by atoms with Crippen molar-refractivity contribution in [2.24, 2.45) is 0 Å². The molecule has 0 saturated carbocycles. The third-order valence-corrected chi connectivity index (χ3v) is 7.19. The summed E-state index contributed by atoms with van der Waals surface area (Å²) in [6.07, 6.45) is 7.46. The van der Waals surface area contributed by atoms with Gasteiger partial charge in [0.2, 0.25) is 5.91 Å². The fourth-order valence-corrected chi connectivity index (χ4v) is 5.05. The molecule has 0 aromatic heterocycles. The highest BCUT2D eigenvalue weighted by Gasteiger charge is 2.26. The van der Waals surface area contributed by atoms with Gasteiger partial charge >= 0.3 is 0 Å². The molecule has 184 valence electrons. The number of carbonyl (C=O) groups is 1. The second-order valence-electron chi connectivity index (χ2n) is 9.47. The molecule has 3 heteroatoms. The number of unbranched alkanes of at least 4 members (excludes halogenated alkanes) is 1. The molecule has 2 nitrogen and oxygen atoms in total. The predicted octanol–water partition coefficient (Wildman–Crippen LogP) is 8.90. The third kappa shape index (κ3) is 6.86. The summed E-state index contributed by atoms with van der Waals surface area (Å²) in [7, 11) is 0. The van der Waals surface area contributed by atoms with Gasteiger partial charge in [-0.3, -0.25) is 4.79 Å². The maximum absolute atomic E-state index is 12.9. The molecule has 0 aliphatic heterocycles. The van der Waals surface area contributed by atoms with Crippen molar-refractivity contribution in [1.82, 2.24) is 4.90 Å². The Morgan fingerprint density at radius 2 is 1.58 bits per heavy atom. The quantitative estimate of drug-likeness (QED) is 0.201. The van der Waals surface area contributed by atoms with Gasteiger partial charge in [-0.05, 0) is 71.8 Å². The topological polar surface area (TPSA) is 20.3 Å². The van der Waals surface area contributed by atoms with Crippen LogP contribution in [0.5, 0.6) is 0 Å². The number of nitrogens with zero attached hydrogens (tertiary/aromatic N) is 1. The molecule has 4 aromatic rings. The van der Waals surface area contributed by atoms with E-state index in [0.29, 0.717) is 6.54 Å². The molecule has 0 saturated heterocycles.